The largest absolute Gasteiger partial charge is 0.477 e. The highest BCUT2D eigenvalue weighted by Crippen LogP contribution is 2.33. The normalized spacial score (nSPS) is 10.4. The number of thiophene rings is 1. The molecule has 0 saturated carbocycles. The van der Waals surface area contributed by atoms with Gasteiger partial charge in [-0.15, -0.1) is 11.3 Å². The van der Waals surface area contributed by atoms with E-state index in [1.165, 1.54) is 16.0 Å². The first kappa shape index (κ1) is 13.0. The number of nitrogens with zero attached hydrogens (tertiary/aromatic N) is 3. The third kappa shape index (κ3) is 2.40. The molecule has 2 aromatic heterocycles. The van der Waals surface area contributed by atoms with Gasteiger partial charge in [-0.05, 0) is 9.91 Å². The molecule has 0 aliphatic carbocycles. The molecule has 19 heavy (non-hydrogen) atoms. The van der Waals surface area contributed by atoms with Crippen LogP contribution in [-0.2, 0) is 7.05 Å². The van der Waals surface area contributed by atoms with Crippen molar-refractivity contribution in [2.75, 3.05) is 0 Å². The van der Waals surface area contributed by atoms with Crippen molar-refractivity contribution in [2.45, 2.75) is 6.92 Å². The van der Waals surface area contributed by atoms with Crippen LogP contribution in [0.4, 0.5) is 5.82 Å². The summed E-state index contributed by atoms with van der Waals surface area (Å²) in [4.78, 5) is 24.8. The molecule has 0 aliphatic rings. The lowest BCUT2D eigenvalue weighted by atomic mass is 10.4. The van der Waals surface area contributed by atoms with Gasteiger partial charge >= 0.3 is 17.7 Å². The fourth-order valence-corrected chi connectivity index (χ4v) is 2.05. The van der Waals surface area contributed by atoms with E-state index in [1.807, 2.05) is 0 Å². The van der Waals surface area contributed by atoms with E-state index in [9.17, 15) is 14.9 Å². The molecule has 0 bridgehead atoms. The summed E-state index contributed by atoms with van der Waals surface area (Å²) >= 11 is 0.980. The maximum atomic E-state index is 10.8. The summed E-state index contributed by atoms with van der Waals surface area (Å²) in [7, 11) is 1.58. The molecule has 0 aromatic carbocycles. The molecule has 9 heteroatoms. The van der Waals surface area contributed by atoms with Crippen molar-refractivity contribution in [1.82, 2.24) is 9.55 Å². The summed E-state index contributed by atoms with van der Waals surface area (Å²) in [6, 6.07) is 1.30. The molecule has 2 rings (SSSR count). The fraction of sp³-hybridized carbons (Fsp3) is 0.200. The molecule has 0 saturated heterocycles. The van der Waals surface area contributed by atoms with E-state index >= 15 is 0 Å². The molecule has 1 N–H and O–H groups in total. The molecule has 0 amide bonds. The van der Waals surface area contributed by atoms with Crippen molar-refractivity contribution in [3.05, 3.63) is 32.3 Å². The highest BCUT2D eigenvalue weighted by atomic mass is 32.1. The van der Waals surface area contributed by atoms with E-state index in [0.717, 1.165) is 11.3 Å². The van der Waals surface area contributed by atoms with Crippen LogP contribution >= 0.6 is 11.3 Å². The Labute approximate surface area is 111 Å². The Bertz CT molecular complexity index is 660. The number of nitro groups is 1. The molecular weight excluding hydrogens is 274 g/mol. The number of hydrogen-bond acceptors (Lipinski definition) is 6. The average Bonchev–Trinajstić information content (AvgIpc) is 2.89. The highest BCUT2D eigenvalue weighted by molar-refractivity contribution is 7.12. The summed E-state index contributed by atoms with van der Waals surface area (Å²) in [6.07, 6.45) is 0. The molecule has 0 atom stereocenters. The lowest BCUT2D eigenvalue weighted by Crippen LogP contribution is -1.97. The molecule has 0 aliphatic heterocycles. The summed E-state index contributed by atoms with van der Waals surface area (Å²) in [5.74, 6) is -0.847. The Morgan fingerprint density at radius 2 is 2.32 bits per heavy atom. The van der Waals surface area contributed by atoms with Crippen LogP contribution in [-0.4, -0.2) is 25.6 Å². The number of carboxylic acid groups (broad SMARTS) is 1. The lowest BCUT2D eigenvalue weighted by molar-refractivity contribution is -0.390. The van der Waals surface area contributed by atoms with Gasteiger partial charge in [0.05, 0.1) is 0 Å². The van der Waals surface area contributed by atoms with Crippen LogP contribution in [0.1, 0.15) is 15.5 Å². The van der Waals surface area contributed by atoms with Crippen molar-refractivity contribution < 1.29 is 19.6 Å². The van der Waals surface area contributed by atoms with Crippen LogP contribution < -0.4 is 4.74 Å². The number of ether oxygens (including phenoxy) is 1. The SMILES string of the molecule is Cc1nc([N+](=O)[O-])c(Oc2csc(C(=O)O)c2)n1C. The van der Waals surface area contributed by atoms with Crippen LogP contribution in [0.15, 0.2) is 11.4 Å². The molecular formula is C10H9N3O5S. The fourth-order valence-electron chi connectivity index (χ4n) is 1.40. The lowest BCUT2D eigenvalue weighted by Gasteiger charge is -2.02. The second kappa shape index (κ2) is 4.69. The summed E-state index contributed by atoms with van der Waals surface area (Å²) < 4.78 is 6.79. The second-order valence-electron chi connectivity index (χ2n) is 3.66. The van der Waals surface area contributed by atoms with Gasteiger partial charge in [0.1, 0.15) is 10.6 Å². The van der Waals surface area contributed by atoms with E-state index in [2.05, 4.69) is 4.98 Å². The maximum Gasteiger partial charge on any atom is 0.427 e. The topological polar surface area (TPSA) is 107 Å². The van der Waals surface area contributed by atoms with Crippen molar-refractivity contribution in [3.8, 4) is 11.6 Å². The second-order valence-corrected chi connectivity index (χ2v) is 4.57. The Kier molecular flexibility index (Phi) is 3.21. The first-order chi connectivity index (χ1) is 8.90. The predicted molar refractivity (Wildman–Crippen MR) is 66.0 cm³/mol. The van der Waals surface area contributed by atoms with Gasteiger partial charge in [0.25, 0.3) is 0 Å². The molecule has 8 nitrogen and oxygen atoms in total. The first-order valence-electron chi connectivity index (χ1n) is 5.07. The zero-order chi connectivity index (χ0) is 14.2. The maximum absolute atomic E-state index is 10.8. The summed E-state index contributed by atoms with van der Waals surface area (Å²) in [5.41, 5.74) is 0. The number of aromatic nitrogens is 2. The number of aromatic carboxylic acids is 1. The highest BCUT2D eigenvalue weighted by Gasteiger charge is 2.26. The van der Waals surface area contributed by atoms with Crippen LogP contribution in [0, 0.1) is 17.0 Å². The molecule has 0 fully saturated rings. The Morgan fingerprint density at radius 1 is 1.63 bits per heavy atom. The van der Waals surface area contributed by atoms with E-state index in [-0.39, 0.29) is 16.5 Å². The van der Waals surface area contributed by atoms with Crippen molar-refractivity contribution in [2.24, 2.45) is 7.05 Å². The smallest absolute Gasteiger partial charge is 0.427 e. The number of hydrogen-bond donors (Lipinski definition) is 1. The molecule has 0 radical (unpaired) electrons. The zero-order valence-corrected chi connectivity index (χ0v) is 10.8. The number of rotatable bonds is 4. The van der Waals surface area contributed by atoms with Gasteiger partial charge in [0.15, 0.2) is 0 Å². The minimum Gasteiger partial charge on any atom is -0.477 e. The summed E-state index contributed by atoms with van der Waals surface area (Å²) in [5, 5.41) is 21.1. The third-order valence-electron chi connectivity index (χ3n) is 2.42. The molecule has 100 valence electrons. The number of carbonyl (C=O) groups is 1. The monoisotopic (exact) mass is 283 g/mol. The Morgan fingerprint density at radius 3 is 2.84 bits per heavy atom. The van der Waals surface area contributed by atoms with Gasteiger partial charge in [-0.25, -0.2) is 4.79 Å². The minimum absolute atomic E-state index is 0.0303. The van der Waals surface area contributed by atoms with Crippen LogP contribution in [0.25, 0.3) is 0 Å². The van der Waals surface area contributed by atoms with E-state index in [0.29, 0.717) is 5.82 Å². The van der Waals surface area contributed by atoms with Gasteiger partial charge < -0.3 is 20.0 Å². The molecule has 0 unspecified atom stereocenters. The van der Waals surface area contributed by atoms with Crippen LogP contribution in [0.3, 0.4) is 0 Å². The number of aryl methyl sites for hydroxylation is 1. The number of carboxylic acids is 1. The quantitative estimate of drug-likeness (QED) is 0.680. The molecule has 0 spiro atoms. The van der Waals surface area contributed by atoms with Gasteiger partial charge in [-0.3, -0.25) is 4.57 Å². The van der Waals surface area contributed by atoms with Gasteiger partial charge in [0, 0.05) is 25.4 Å². The number of imidazole rings is 1. The Balaban J connectivity index is 2.37. The average molecular weight is 283 g/mol. The van der Waals surface area contributed by atoms with E-state index in [1.54, 1.807) is 14.0 Å². The Hall–Kier alpha value is -2.42. The summed E-state index contributed by atoms with van der Waals surface area (Å²) in [6.45, 7) is 1.61. The van der Waals surface area contributed by atoms with Crippen molar-refractivity contribution >= 4 is 23.1 Å². The van der Waals surface area contributed by atoms with Crippen molar-refractivity contribution in [1.29, 1.82) is 0 Å². The van der Waals surface area contributed by atoms with E-state index < -0.39 is 16.7 Å². The molecule has 2 heterocycles. The molecule has 2 aromatic rings. The minimum atomic E-state index is -1.07. The predicted octanol–water partition coefficient (Wildman–Crippen LogP) is 2.19. The first-order valence-corrected chi connectivity index (χ1v) is 5.95. The standard InChI is InChI=1S/C10H9N3O5S/c1-5-11-8(13(16)17)9(12(5)2)18-6-3-7(10(14)15)19-4-6/h3-4H,1-2H3,(H,14,15). The van der Waals surface area contributed by atoms with Crippen LogP contribution in [0.2, 0.25) is 0 Å². The van der Waals surface area contributed by atoms with Gasteiger partial charge in [-0.1, -0.05) is 0 Å². The zero-order valence-electron chi connectivity index (χ0n) is 9.98. The van der Waals surface area contributed by atoms with E-state index in [4.69, 9.17) is 9.84 Å². The van der Waals surface area contributed by atoms with Crippen LogP contribution in [0.5, 0.6) is 11.6 Å². The third-order valence-corrected chi connectivity index (χ3v) is 3.32. The van der Waals surface area contributed by atoms with Gasteiger partial charge in [-0.2, -0.15) is 0 Å². The van der Waals surface area contributed by atoms with Gasteiger partial charge in [0.2, 0.25) is 5.82 Å². The van der Waals surface area contributed by atoms with Crippen molar-refractivity contribution in [3.63, 3.8) is 0 Å².